The molecule has 1 aliphatic rings. The third-order valence-electron chi connectivity index (χ3n) is 3.71. The molecule has 0 saturated carbocycles. The van der Waals surface area contributed by atoms with Gasteiger partial charge in [-0.1, -0.05) is 0 Å². The first kappa shape index (κ1) is 10.7. The fourth-order valence-electron chi connectivity index (χ4n) is 2.80. The van der Waals surface area contributed by atoms with Crippen LogP contribution in [0.1, 0.15) is 30.7 Å². The number of benzene rings is 1. The Kier molecular flexibility index (Phi) is 2.77. The van der Waals surface area contributed by atoms with Gasteiger partial charge in [-0.2, -0.15) is 0 Å². The molecule has 3 heteroatoms. The van der Waals surface area contributed by atoms with Gasteiger partial charge in [-0.05, 0) is 62.0 Å². The number of aromatic hydroxyl groups is 1. The van der Waals surface area contributed by atoms with Gasteiger partial charge in [-0.15, -0.1) is 0 Å². The van der Waals surface area contributed by atoms with Crippen molar-refractivity contribution >= 4 is 10.9 Å². The average molecular weight is 230 g/mol. The van der Waals surface area contributed by atoms with Crippen molar-refractivity contribution in [3.05, 3.63) is 30.0 Å². The number of hydrogen-bond acceptors (Lipinski definition) is 2. The Bertz CT molecular complexity index is 510. The fraction of sp³-hybridized carbons (Fsp3) is 0.429. The molecule has 1 fully saturated rings. The number of aromatic amines is 1. The van der Waals surface area contributed by atoms with E-state index in [1.165, 1.54) is 30.2 Å². The van der Waals surface area contributed by atoms with Crippen LogP contribution in [0.2, 0.25) is 0 Å². The molecule has 3 nitrogen and oxygen atoms in total. The number of phenolic OH excluding ortho intramolecular Hbond substituents is 1. The summed E-state index contributed by atoms with van der Waals surface area (Å²) in [5, 5.41) is 14.2. The van der Waals surface area contributed by atoms with E-state index in [1.807, 2.05) is 12.1 Å². The molecule has 1 aliphatic heterocycles. The maximum atomic E-state index is 9.60. The second kappa shape index (κ2) is 4.41. The van der Waals surface area contributed by atoms with E-state index in [2.05, 4.69) is 16.5 Å². The lowest BCUT2D eigenvalue weighted by atomic mass is 9.92. The monoisotopic (exact) mass is 230 g/mol. The molecule has 0 aliphatic carbocycles. The van der Waals surface area contributed by atoms with E-state index in [1.54, 1.807) is 6.07 Å². The molecule has 2 aromatic rings. The average Bonchev–Trinajstić information content (AvgIpc) is 2.58. The first-order valence-electron chi connectivity index (χ1n) is 6.35. The van der Waals surface area contributed by atoms with E-state index in [4.69, 9.17) is 0 Å². The van der Waals surface area contributed by atoms with E-state index in [0.29, 0.717) is 11.7 Å². The van der Waals surface area contributed by atoms with Crippen LogP contribution in [0, 0.1) is 0 Å². The molecule has 3 rings (SSSR count). The van der Waals surface area contributed by atoms with Gasteiger partial charge in [0, 0.05) is 17.1 Å². The molecule has 1 saturated heterocycles. The molecule has 0 radical (unpaired) electrons. The van der Waals surface area contributed by atoms with Crippen LogP contribution in [-0.2, 0) is 0 Å². The SMILES string of the molecule is Oc1ccc2[nH]cc(C3CCCNCC3)c2c1. The van der Waals surface area contributed by atoms with Crippen molar-refractivity contribution in [2.24, 2.45) is 0 Å². The third kappa shape index (κ3) is 2.03. The van der Waals surface area contributed by atoms with Crippen molar-refractivity contribution in [2.75, 3.05) is 13.1 Å². The van der Waals surface area contributed by atoms with Crippen molar-refractivity contribution < 1.29 is 5.11 Å². The quantitative estimate of drug-likeness (QED) is 0.705. The summed E-state index contributed by atoms with van der Waals surface area (Å²) in [7, 11) is 0. The molecular formula is C14H18N2O. The molecule has 1 aromatic carbocycles. The molecule has 17 heavy (non-hydrogen) atoms. The van der Waals surface area contributed by atoms with Gasteiger partial charge in [0.1, 0.15) is 5.75 Å². The van der Waals surface area contributed by atoms with E-state index in [-0.39, 0.29) is 0 Å². The van der Waals surface area contributed by atoms with Gasteiger partial charge in [0.15, 0.2) is 0 Å². The van der Waals surface area contributed by atoms with Crippen LogP contribution >= 0.6 is 0 Å². The van der Waals surface area contributed by atoms with Crippen LogP contribution in [-0.4, -0.2) is 23.2 Å². The Labute approximate surface area is 101 Å². The first-order valence-corrected chi connectivity index (χ1v) is 6.35. The van der Waals surface area contributed by atoms with E-state index < -0.39 is 0 Å². The normalized spacial score (nSPS) is 21.5. The van der Waals surface area contributed by atoms with Crippen molar-refractivity contribution in [1.29, 1.82) is 0 Å². The van der Waals surface area contributed by atoms with Crippen molar-refractivity contribution in [1.82, 2.24) is 10.3 Å². The zero-order chi connectivity index (χ0) is 11.7. The fourth-order valence-corrected chi connectivity index (χ4v) is 2.80. The largest absolute Gasteiger partial charge is 0.508 e. The van der Waals surface area contributed by atoms with Gasteiger partial charge in [0.05, 0.1) is 0 Å². The second-order valence-electron chi connectivity index (χ2n) is 4.85. The standard InChI is InChI=1S/C14H18N2O/c17-11-3-4-14-12(8-11)13(9-16-14)10-2-1-6-15-7-5-10/h3-4,8-10,15-17H,1-2,5-7H2. The zero-order valence-electron chi connectivity index (χ0n) is 9.87. The molecule has 1 aromatic heterocycles. The molecular weight excluding hydrogens is 212 g/mol. The Morgan fingerprint density at radius 3 is 3.06 bits per heavy atom. The summed E-state index contributed by atoms with van der Waals surface area (Å²) in [4.78, 5) is 3.30. The van der Waals surface area contributed by atoms with Crippen LogP contribution < -0.4 is 5.32 Å². The third-order valence-corrected chi connectivity index (χ3v) is 3.71. The second-order valence-corrected chi connectivity index (χ2v) is 4.85. The van der Waals surface area contributed by atoms with Crippen LogP contribution in [0.4, 0.5) is 0 Å². The zero-order valence-corrected chi connectivity index (χ0v) is 9.87. The summed E-state index contributed by atoms with van der Waals surface area (Å²) < 4.78 is 0. The first-order chi connectivity index (χ1) is 8.34. The number of phenols is 1. The summed E-state index contributed by atoms with van der Waals surface area (Å²) in [6.45, 7) is 2.22. The topological polar surface area (TPSA) is 48.0 Å². The van der Waals surface area contributed by atoms with Gasteiger partial charge in [0.25, 0.3) is 0 Å². The highest BCUT2D eigenvalue weighted by molar-refractivity contribution is 5.85. The maximum Gasteiger partial charge on any atom is 0.116 e. The summed E-state index contributed by atoms with van der Waals surface area (Å²) in [5.41, 5.74) is 2.48. The molecule has 0 spiro atoms. The molecule has 2 heterocycles. The molecule has 0 amide bonds. The highest BCUT2D eigenvalue weighted by Crippen LogP contribution is 2.33. The highest BCUT2D eigenvalue weighted by atomic mass is 16.3. The van der Waals surface area contributed by atoms with Gasteiger partial charge >= 0.3 is 0 Å². The Morgan fingerprint density at radius 2 is 2.12 bits per heavy atom. The lowest BCUT2D eigenvalue weighted by Gasteiger charge is -2.12. The summed E-state index contributed by atoms with van der Waals surface area (Å²) in [6, 6.07) is 5.56. The van der Waals surface area contributed by atoms with Crippen molar-refractivity contribution in [3.8, 4) is 5.75 Å². The Hall–Kier alpha value is -1.48. The Morgan fingerprint density at radius 1 is 1.18 bits per heavy atom. The number of hydrogen-bond donors (Lipinski definition) is 3. The molecule has 90 valence electrons. The minimum Gasteiger partial charge on any atom is -0.508 e. The summed E-state index contributed by atoms with van der Waals surface area (Å²) in [5.74, 6) is 0.964. The lowest BCUT2D eigenvalue weighted by Crippen LogP contribution is -2.13. The summed E-state index contributed by atoms with van der Waals surface area (Å²) in [6.07, 6.45) is 5.76. The van der Waals surface area contributed by atoms with Crippen molar-refractivity contribution in [2.45, 2.75) is 25.2 Å². The van der Waals surface area contributed by atoms with Gasteiger partial charge < -0.3 is 15.4 Å². The number of aromatic nitrogens is 1. The predicted molar refractivity (Wildman–Crippen MR) is 69.4 cm³/mol. The molecule has 3 N–H and O–H groups in total. The molecule has 1 atom stereocenters. The number of H-pyrrole nitrogens is 1. The van der Waals surface area contributed by atoms with E-state index in [0.717, 1.165) is 18.6 Å². The van der Waals surface area contributed by atoms with Gasteiger partial charge in [-0.25, -0.2) is 0 Å². The lowest BCUT2D eigenvalue weighted by molar-refractivity contribution is 0.476. The van der Waals surface area contributed by atoms with Crippen LogP contribution in [0.25, 0.3) is 10.9 Å². The number of rotatable bonds is 1. The van der Waals surface area contributed by atoms with Crippen LogP contribution in [0.15, 0.2) is 24.4 Å². The van der Waals surface area contributed by atoms with Crippen LogP contribution in [0.5, 0.6) is 5.75 Å². The van der Waals surface area contributed by atoms with E-state index in [9.17, 15) is 5.11 Å². The molecule has 1 unspecified atom stereocenters. The van der Waals surface area contributed by atoms with Gasteiger partial charge in [-0.3, -0.25) is 0 Å². The van der Waals surface area contributed by atoms with Gasteiger partial charge in [0.2, 0.25) is 0 Å². The Balaban J connectivity index is 2.00. The minimum absolute atomic E-state index is 0.352. The number of nitrogens with one attached hydrogen (secondary N) is 2. The minimum atomic E-state index is 0.352. The van der Waals surface area contributed by atoms with Crippen molar-refractivity contribution in [3.63, 3.8) is 0 Å². The predicted octanol–water partition coefficient (Wildman–Crippen LogP) is 2.73. The smallest absolute Gasteiger partial charge is 0.116 e. The van der Waals surface area contributed by atoms with E-state index >= 15 is 0 Å². The number of fused-ring (bicyclic) bond motifs is 1. The maximum absolute atomic E-state index is 9.60. The van der Waals surface area contributed by atoms with Crippen LogP contribution in [0.3, 0.4) is 0 Å². The highest BCUT2D eigenvalue weighted by Gasteiger charge is 2.17. The summed E-state index contributed by atoms with van der Waals surface area (Å²) >= 11 is 0. The molecule has 0 bridgehead atoms.